The van der Waals surface area contributed by atoms with Crippen molar-refractivity contribution in [2.24, 2.45) is 0 Å². The molecule has 0 radical (unpaired) electrons. The van der Waals surface area contributed by atoms with Crippen LogP contribution in [-0.2, 0) is 19.6 Å². The molecule has 0 spiro atoms. The number of nitrogens with zero attached hydrogens (tertiary/aromatic N) is 4. The first kappa shape index (κ1) is 29.6. The number of anilines is 1. The second-order valence-electron chi connectivity index (χ2n) is 9.72. The van der Waals surface area contributed by atoms with Crippen LogP contribution < -0.4 is 20.3 Å². The van der Waals surface area contributed by atoms with Crippen LogP contribution in [0.15, 0.2) is 36.4 Å². The Kier molecular flexibility index (Phi) is 10.3. The standard InChI is InChI=1S/C26H40N6O5S/c1-20(2)27-10-11-28-25(33)18-30(23-16-21-8-6-7-9-22(21)17-24(23)37-4)19-26(34)29(3)31-12-14-32(15-13-31)38(5,35)36/h6-9,16-17,20,27H,10-15,18-19H2,1-5H3,(H,28,33). The minimum atomic E-state index is -3.27. The molecule has 0 aliphatic carbocycles. The van der Waals surface area contributed by atoms with Gasteiger partial charge in [-0.3, -0.25) is 14.6 Å². The number of hydrogen-bond acceptors (Lipinski definition) is 8. The van der Waals surface area contributed by atoms with Gasteiger partial charge in [-0.1, -0.05) is 38.1 Å². The van der Waals surface area contributed by atoms with Crippen LogP contribution in [-0.4, -0.2) is 113 Å². The fraction of sp³-hybridized carbons (Fsp3) is 0.538. The lowest BCUT2D eigenvalue weighted by Gasteiger charge is -2.39. The number of rotatable bonds is 12. The van der Waals surface area contributed by atoms with Crippen molar-refractivity contribution in [3.63, 3.8) is 0 Å². The van der Waals surface area contributed by atoms with Gasteiger partial charge in [0.1, 0.15) is 5.75 Å². The molecule has 0 bridgehead atoms. The van der Waals surface area contributed by atoms with Crippen LogP contribution in [0.1, 0.15) is 13.8 Å². The largest absolute Gasteiger partial charge is 0.495 e. The number of likely N-dealkylation sites (N-methyl/N-ethyl adjacent to an activating group) is 1. The predicted octanol–water partition coefficient (Wildman–Crippen LogP) is 0.720. The molecule has 2 N–H and O–H groups in total. The van der Waals surface area contributed by atoms with Gasteiger partial charge in [-0.15, -0.1) is 0 Å². The molecule has 0 saturated carbocycles. The Bertz CT molecular complexity index is 1210. The summed E-state index contributed by atoms with van der Waals surface area (Å²) in [5.74, 6) is 0.139. The molecule has 1 aliphatic rings. The molecule has 11 nitrogen and oxygen atoms in total. The molecular weight excluding hydrogens is 508 g/mol. The summed E-state index contributed by atoms with van der Waals surface area (Å²) in [5, 5.41) is 11.5. The van der Waals surface area contributed by atoms with Crippen molar-refractivity contribution in [2.75, 3.05) is 77.7 Å². The summed E-state index contributed by atoms with van der Waals surface area (Å²) in [6.45, 7) is 6.53. The summed E-state index contributed by atoms with van der Waals surface area (Å²) >= 11 is 0. The Morgan fingerprint density at radius 3 is 2.24 bits per heavy atom. The summed E-state index contributed by atoms with van der Waals surface area (Å²) < 4.78 is 30.8. The number of carbonyl (C=O) groups is 2. The molecule has 2 aromatic carbocycles. The first-order valence-corrected chi connectivity index (χ1v) is 14.6. The number of benzene rings is 2. The highest BCUT2D eigenvalue weighted by Crippen LogP contribution is 2.33. The number of methoxy groups -OCH3 is 1. The van der Waals surface area contributed by atoms with Gasteiger partial charge in [0.2, 0.25) is 15.9 Å². The van der Waals surface area contributed by atoms with E-state index >= 15 is 0 Å². The minimum absolute atomic E-state index is 0.0299. The monoisotopic (exact) mass is 548 g/mol. The molecule has 12 heteroatoms. The molecule has 1 saturated heterocycles. The van der Waals surface area contributed by atoms with Crippen LogP contribution in [0, 0.1) is 0 Å². The van der Waals surface area contributed by atoms with E-state index in [4.69, 9.17) is 4.74 Å². The molecule has 0 aromatic heterocycles. The van der Waals surface area contributed by atoms with Gasteiger partial charge in [0.05, 0.1) is 32.1 Å². The van der Waals surface area contributed by atoms with Crippen molar-refractivity contribution in [1.29, 1.82) is 0 Å². The highest BCUT2D eigenvalue weighted by molar-refractivity contribution is 7.88. The molecule has 38 heavy (non-hydrogen) atoms. The van der Waals surface area contributed by atoms with Crippen molar-refractivity contribution in [3.05, 3.63) is 36.4 Å². The van der Waals surface area contributed by atoms with Crippen LogP contribution in [0.4, 0.5) is 5.69 Å². The Hall–Kier alpha value is -2.93. The maximum Gasteiger partial charge on any atom is 0.256 e. The van der Waals surface area contributed by atoms with E-state index in [1.807, 2.05) is 55.3 Å². The molecule has 210 valence electrons. The Balaban J connectivity index is 1.78. The molecule has 1 heterocycles. The number of piperazine rings is 1. The Morgan fingerprint density at radius 1 is 1.03 bits per heavy atom. The lowest BCUT2D eigenvalue weighted by Crippen LogP contribution is -2.56. The van der Waals surface area contributed by atoms with Gasteiger partial charge >= 0.3 is 0 Å². The van der Waals surface area contributed by atoms with E-state index in [2.05, 4.69) is 10.6 Å². The van der Waals surface area contributed by atoms with E-state index in [0.29, 0.717) is 56.7 Å². The molecular formula is C26H40N6O5S. The number of hydrogen-bond donors (Lipinski definition) is 2. The van der Waals surface area contributed by atoms with Gasteiger partial charge in [0.15, 0.2) is 0 Å². The van der Waals surface area contributed by atoms with Crippen LogP contribution >= 0.6 is 0 Å². The topological polar surface area (TPSA) is 115 Å². The van der Waals surface area contributed by atoms with E-state index < -0.39 is 10.0 Å². The first-order chi connectivity index (χ1) is 18.0. The Labute approximate surface area is 225 Å². The van der Waals surface area contributed by atoms with Crippen molar-refractivity contribution < 1.29 is 22.7 Å². The van der Waals surface area contributed by atoms with E-state index in [1.54, 1.807) is 19.1 Å². The van der Waals surface area contributed by atoms with Crippen LogP contribution in [0.5, 0.6) is 5.75 Å². The van der Waals surface area contributed by atoms with E-state index in [-0.39, 0.29) is 24.9 Å². The molecule has 0 atom stereocenters. The quantitative estimate of drug-likeness (QED) is 0.373. The van der Waals surface area contributed by atoms with E-state index in [9.17, 15) is 18.0 Å². The van der Waals surface area contributed by atoms with Gasteiger partial charge in [0.25, 0.3) is 5.91 Å². The molecule has 2 aromatic rings. The van der Waals surface area contributed by atoms with E-state index in [0.717, 1.165) is 10.8 Å². The van der Waals surface area contributed by atoms with Gasteiger partial charge in [-0.2, -0.15) is 4.31 Å². The maximum atomic E-state index is 13.4. The van der Waals surface area contributed by atoms with Crippen molar-refractivity contribution in [2.45, 2.75) is 19.9 Å². The number of ether oxygens (including phenoxy) is 1. The van der Waals surface area contributed by atoms with Crippen LogP contribution in [0.2, 0.25) is 0 Å². The predicted molar refractivity (Wildman–Crippen MR) is 150 cm³/mol. The maximum absolute atomic E-state index is 13.4. The molecule has 1 fully saturated rings. The smallest absolute Gasteiger partial charge is 0.256 e. The zero-order valence-electron chi connectivity index (χ0n) is 22.9. The third-order valence-electron chi connectivity index (χ3n) is 6.52. The minimum Gasteiger partial charge on any atom is -0.495 e. The fourth-order valence-electron chi connectivity index (χ4n) is 4.37. The van der Waals surface area contributed by atoms with Crippen LogP contribution in [0.3, 0.4) is 0 Å². The lowest BCUT2D eigenvalue weighted by molar-refractivity contribution is -0.146. The van der Waals surface area contributed by atoms with Crippen molar-refractivity contribution in [3.8, 4) is 5.75 Å². The number of carbonyl (C=O) groups excluding carboxylic acids is 2. The summed E-state index contributed by atoms with van der Waals surface area (Å²) in [6, 6.07) is 12.0. The second-order valence-corrected chi connectivity index (χ2v) is 11.7. The lowest BCUT2D eigenvalue weighted by atomic mass is 10.1. The third-order valence-corrected chi connectivity index (χ3v) is 7.82. The van der Waals surface area contributed by atoms with Gasteiger partial charge in [-0.25, -0.2) is 13.4 Å². The number of nitrogens with one attached hydrogen (secondary N) is 2. The number of sulfonamides is 1. The Morgan fingerprint density at radius 2 is 1.66 bits per heavy atom. The fourth-order valence-corrected chi connectivity index (χ4v) is 5.20. The summed E-state index contributed by atoms with van der Waals surface area (Å²) in [4.78, 5) is 28.0. The SMILES string of the molecule is COc1cc2ccccc2cc1N(CC(=O)NCCNC(C)C)CC(=O)N(C)N1CCN(S(C)(=O)=O)CC1. The van der Waals surface area contributed by atoms with Crippen molar-refractivity contribution >= 4 is 38.3 Å². The average Bonchev–Trinajstić information content (AvgIpc) is 2.89. The average molecular weight is 549 g/mol. The first-order valence-electron chi connectivity index (χ1n) is 12.8. The molecule has 0 unspecified atom stereocenters. The number of hydrazine groups is 1. The highest BCUT2D eigenvalue weighted by Gasteiger charge is 2.29. The molecule has 3 rings (SSSR count). The summed E-state index contributed by atoms with van der Waals surface area (Å²) in [6.07, 6.45) is 1.19. The highest BCUT2D eigenvalue weighted by atomic mass is 32.2. The molecule has 2 amide bonds. The normalized spacial score (nSPS) is 15.0. The number of fused-ring (bicyclic) bond motifs is 1. The second kappa shape index (κ2) is 13.2. The third kappa shape index (κ3) is 8.03. The summed E-state index contributed by atoms with van der Waals surface area (Å²) in [7, 11) is -0.0313. The van der Waals surface area contributed by atoms with E-state index in [1.165, 1.54) is 15.6 Å². The van der Waals surface area contributed by atoms with Crippen molar-refractivity contribution in [1.82, 2.24) is 25.0 Å². The summed E-state index contributed by atoms with van der Waals surface area (Å²) in [5.41, 5.74) is 0.644. The zero-order valence-corrected chi connectivity index (χ0v) is 23.8. The number of amides is 2. The van der Waals surface area contributed by atoms with Gasteiger partial charge in [-0.05, 0) is 22.9 Å². The van der Waals surface area contributed by atoms with Crippen LogP contribution in [0.25, 0.3) is 10.8 Å². The van der Waals surface area contributed by atoms with Gasteiger partial charge < -0.3 is 20.3 Å². The van der Waals surface area contributed by atoms with Gasteiger partial charge in [0, 0.05) is 52.4 Å². The molecule has 1 aliphatic heterocycles. The zero-order chi connectivity index (χ0) is 27.9.